The van der Waals surface area contributed by atoms with E-state index < -0.39 is 0 Å². The summed E-state index contributed by atoms with van der Waals surface area (Å²) in [4.78, 5) is 10.4. The second-order valence-electron chi connectivity index (χ2n) is 1.87. The largest absolute Gasteiger partial charge is 0.453 e. The van der Waals surface area contributed by atoms with Crippen LogP contribution in [0.3, 0.4) is 0 Å². The summed E-state index contributed by atoms with van der Waals surface area (Å²) < 4.78 is 9.16. The highest BCUT2D eigenvalue weighted by Crippen LogP contribution is 1.98. The fourth-order valence-electron chi connectivity index (χ4n) is 0.545. The number of ether oxygens (including phenoxy) is 2. The van der Waals surface area contributed by atoms with Crippen LogP contribution in [-0.2, 0) is 9.47 Å². The highest BCUT2D eigenvalue weighted by molar-refractivity contribution is 5.67. The van der Waals surface area contributed by atoms with Crippen LogP contribution in [0.25, 0.3) is 0 Å². The van der Waals surface area contributed by atoms with E-state index in [2.05, 4.69) is 10.1 Å². The van der Waals surface area contributed by atoms with Gasteiger partial charge in [0.1, 0.15) is 0 Å². The smallest absolute Gasteiger partial charge is 0.407 e. The molecule has 0 aromatic heterocycles. The van der Waals surface area contributed by atoms with Crippen LogP contribution < -0.4 is 5.32 Å². The van der Waals surface area contributed by atoms with E-state index in [-0.39, 0.29) is 12.1 Å². The normalized spacial score (nSPS) is 18.3. The zero-order valence-electron chi connectivity index (χ0n) is 5.22. The lowest BCUT2D eigenvalue weighted by Crippen LogP contribution is -2.48. The van der Waals surface area contributed by atoms with Crippen LogP contribution in [0, 0.1) is 0 Å². The van der Waals surface area contributed by atoms with Crippen molar-refractivity contribution in [1.29, 1.82) is 0 Å². The third-order valence-electron chi connectivity index (χ3n) is 1.15. The van der Waals surface area contributed by atoms with Crippen LogP contribution >= 0.6 is 0 Å². The van der Waals surface area contributed by atoms with Crippen LogP contribution in [0.1, 0.15) is 0 Å². The third kappa shape index (κ3) is 1.57. The lowest BCUT2D eigenvalue weighted by atomic mass is 10.3. The van der Waals surface area contributed by atoms with Crippen LogP contribution in [0.15, 0.2) is 0 Å². The highest BCUT2D eigenvalue weighted by Gasteiger charge is 2.19. The molecule has 52 valence electrons. The molecule has 1 aliphatic rings. The molecule has 0 atom stereocenters. The number of hydrogen-bond donors (Lipinski definition) is 1. The van der Waals surface area contributed by atoms with Crippen LogP contribution in [-0.4, -0.2) is 32.5 Å². The Balaban J connectivity index is 2.09. The molecule has 0 bridgehead atoms. The minimum absolute atomic E-state index is 0.164. The number of rotatable bonds is 1. The number of carbonyl (C=O) groups excluding carboxylic acids is 1. The molecule has 4 nitrogen and oxygen atoms in total. The predicted molar refractivity (Wildman–Crippen MR) is 30.1 cm³/mol. The average Bonchev–Trinajstić information content (AvgIpc) is 1.78. The Morgan fingerprint density at radius 3 is 2.78 bits per heavy atom. The fraction of sp³-hybridized carbons (Fsp3) is 0.800. The fourth-order valence-corrected chi connectivity index (χ4v) is 0.545. The van der Waals surface area contributed by atoms with Crippen molar-refractivity contribution in [3.63, 3.8) is 0 Å². The summed E-state index contributed by atoms with van der Waals surface area (Å²) >= 11 is 0. The van der Waals surface area contributed by atoms with Gasteiger partial charge in [-0.05, 0) is 0 Å². The van der Waals surface area contributed by atoms with E-state index in [0.717, 1.165) is 0 Å². The molecule has 0 aromatic carbocycles. The van der Waals surface area contributed by atoms with Crippen LogP contribution in [0.2, 0.25) is 0 Å². The zero-order chi connectivity index (χ0) is 6.69. The second kappa shape index (κ2) is 2.68. The molecule has 0 aromatic rings. The van der Waals surface area contributed by atoms with E-state index in [9.17, 15) is 4.79 Å². The SMILES string of the molecule is COC(=O)NC1COC1. The van der Waals surface area contributed by atoms with Gasteiger partial charge >= 0.3 is 6.09 Å². The minimum atomic E-state index is -0.386. The Hall–Kier alpha value is -0.770. The Kier molecular flexibility index (Phi) is 1.89. The summed E-state index contributed by atoms with van der Waals surface area (Å²) in [5.74, 6) is 0. The van der Waals surface area contributed by atoms with Gasteiger partial charge in [-0.3, -0.25) is 0 Å². The van der Waals surface area contributed by atoms with E-state index in [0.29, 0.717) is 13.2 Å². The molecule has 1 saturated heterocycles. The molecule has 0 spiro atoms. The number of carbonyl (C=O) groups is 1. The monoisotopic (exact) mass is 131 g/mol. The summed E-state index contributed by atoms with van der Waals surface area (Å²) in [5, 5.41) is 2.58. The summed E-state index contributed by atoms with van der Waals surface area (Å²) in [5.41, 5.74) is 0. The van der Waals surface area contributed by atoms with Gasteiger partial charge in [0.25, 0.3) is 0 Å². The van der Waals surface area contributed by atoms with Crippen molar-refractivity contribution in [2.45, 2.75) is 6.04 Å². The summed E-state index contributed by atoms with van der Waals surface area (Å²) in [6.07, 6.45) is -0.386. The summed E-state index contributed by atoms with van der Waals surface area (Å²) in [7, 11) is 1.34. The molecule has 1 amide bonds. The van der Waals surface area contributed by atoms with Gasteiger partial charge in [0, 0.05) is 0 Å². The van der Waals surface area contributed by atoms with E-state index >= 15 is 0 Å². The van der Waals surface area contributed by atoms with Crippen molar-refractivity contribution in [3.05, 3.63) is 0 Å². The maximum Gasteiger partial charge on any atom is 0.407 e. The van der Waals surface area contributed by atoms with Gasteiger partial charge in [0.2, 0.25) is 0 Å². The molecule has 1 aliphatic heterocycles. The molecule has 0 radical (unpaired) electrons. The van der Waals surface area contributed by atoms with Crippen molar-refractivity contribution in [1.82, 2.24) is 5.32 Å². The topological polar surface area (TPSA) is 47.6 Å². The number of nitrogens with one attached hydrogen (secondary N) is 1. The Morgan fingerprint density at radius 1 is 1.78 bits per heavy atom. The molecule has 0 saturated carbocycles. The van der Waals surface area contributed by atoms with E-state index in [1.807, 2.05) is 0 Å². The van der Waals surface area contributed by atoms with Gasteiger partial charge in [-0.1, -0.05) is 0 Å². The predicted octanol–water partition coefficient (Wildman–Crippen LogP) is -0.259. The lowest BCUT2D eigenvalue weighted by molar-refractivity contribution is -0.00416. The van der Waals surface area contributed by atoms with Gasteiger partial charge in [-0.2, -0.15) is 0 Å². The van der Waals surface area contributed by atoms with Gasteiger partial charge in [-0.25, -0.2) is 4.79 Å². The standard InChI is InChI=1S/C5H9NO3/c1-8-5(7)6-4-2-9-3-4/h4H,2-3H2,1H3,(H,6,7). The first kappa shape index (κ1) is 6.35. The maximum atomic E-state index is 10.4. The van der Waals surface area contributed by atoms with Crippen LogP contribution in [0.5, 0.6) is 0 Å². The Labute approximate surface area is 53.1 Å². The highest BCUT2D eigenvalue weighted by atomic mass is 16.5. The third-order valence-corrected chi connectivity index (χ3v) is 1.15. The first-order valence-corrected chi connectivity index (χ1v) is 2.75. The zero-order valence-corrected chi connectivity index (χ0v) is 5.22. The maximum absolute atomic E-state index is 10.4. The van der Waals surface area contributed by atoms with E-state index in [1.54, 1.807) is 0 Å². The summed E-state index contributed by atoms with van der Waals surface area (Å²) in [6.45, 7) is 1.21. The molecule has 1 rings (SSSR count). The molecule has 1 N–H and O–H groups in total. The van der Waals surface area contributed by atoms with E-state index in [4.69, 9.17) is 4.74 Å². The van der Waals surface area contributed by atoms with Crippen LogP contribution in [0.4, 0.5) is 4.79 Å². The van der Waals surface area contributed by atoms with Crippen molar-refractivity contribution in [2.75, 3.05) is 20.3 Å². The van der Waals surface area contributed by atoms with Gasteiger partial charge in [-0.15, -0.1) is 0 Å². The Bertz CT molecular complexity index is 111. The molecule has 1 fully saturated rings. The average molecular weight is 131 g/mol. The van der Waals surface area contributed by atoms with Gasteiger partial charge in [0.15, 0.2) is 0 Å². The van der Waals surface area contributed by atoms with Gasteiger partial charge < -0.3 is 14.8 Å². The lowest BCUT2D eigenvalue weighted by Gasteiger charge is -2.25. The van der Waals surface area contributed by atoms with Crippen molar-refractivity contribution in [2.24, 2.45) is 0 Å². The molecular weight excluding hydrogens is 122 g/mol. The first-order valence-electron chi connectivity index (χ1n) is 2.75. The minimum Gasteiger partial charge on any atom is -0.453 e. The van der Waals surface area contributed by atoms with Crippen molar-refractivity contribution >= 4 is 6.09 Å². The molecule has 0 aliphatic carbocycles. The number of hydrogen-bond acceptors (Lipinski definition) is 3. The van der Waals surface area contributed by atoms with Crippen molar-refractivity contribution < 1.29 is 14.3 Å². The Morgan fingerprint density at radius 2 is 2.44 bits per heavy atom. The molecule has 4 heteroatoms. The first-order chi connectivity index (χ1) is 4.33. The molecule has 0 unspecified atom stereocenters. The van der Waals surface area contributed by atoms with Gasteiger partial charge in [0.05, 0.1) is 26.4 Å². The second-order valence-corrected chi connectivity index (χ2v) is 1.87. The van der Waals surface area contributed by atoms with Crippen molar-refractivity contribution in [3.8, 4) is 0 Å². The molecule has 9 heavy (non-hydrogen) atoms. The summed E-state index contributed by atoms with van der Waals surface area (Å²) in [6, 6.07) is 0.164. The number of alkyl carbamates (subject to hydrolysis) is 1. The van der Waals surface area contributed by atoms with E-state index in [1.165, 1.54) is 7.11 Å². The quantitative estimate of drug-likeness (QED) is 0.533. The number of amides is 1. The molecule has 1 heterocycles. The number of methoxy groups -OCH3 is 1. The molecular formula is C5H9NO3.